The highest BCUT2D eigenvalue weighted by molar-refractivity contribution is 8.06. The molecule has 0 N–H and O–H groups in total. The molecule has 0 unspecified atom stereocenters. The molecular weight excluding hydrogens is 248 g/mol. The van der Waals surface area contributed by atoms with Crippen molar-refractivity contribution in [1.82, 2.24) is 0 Å². The third-order valence-corrected chi connectivity index (χ3v) is 3.52. The molecule has 2 aliphatic rings. The summed E-state index contributed by atoms with van der Waals surface area (Å²) in [6.45, 7) is 0. The average molecular weight is 260 g/mol. The van der Waals surface area contributed by atoms with Gasteiger partial charge in [0, 0.05) is 24.9 Å². The maximum Gasteiger partial charge on any atom is 0.265 e. The number of aliphatic imine (C=N–C) groups is 1. The lowest BCUT2D eigenvalue weighted by atomic mass is 10.3. The zero-order valence-corrected chi connectivity index (χ0v) is 10.5. The highest BCUT2D eigenvalue weighted by Gasteiger charge is 2.10. The molecule has 1 aliphatic heterocycles. The van der Waals surface area contributed by atoms with Crippen molar-refractivity contribution in [3.8, 4) is 0 Å². The smallest absolute Gasteiger partial charge is 0.265 e. The Morgan fingerprint density at radius 1 is 1.28 bits per heavy atom. The molecule has 18 heavy (non-hydrogen) atoms. The van der Waals surface area contributed by atoms with E-state index >= 15 is 0 Å². The molecule has 0 amide bonds. The molecule has 0 aromatic rings. The predicted molar refractivity (Wildman–Crippen MR) is 74.8 cm³/mol. The molecule has 0 saturated carbocycles. The van der Waals surface area contributed by atoms with Gasteiger partial charge in [-0.15, -0.1) is 0 Å². The summed E-state index contributed by atoms with van der Waals surface area (Å²) in [5.41, 5.74) is 0.151. The topological polar surface area (TPSA) is 55.5 Å². The first-order valence-corrected chi connectivity index (χ1v) is 6.34. The van der Waals surface area contributed by atoms with Gasteiger partial charge in [-0.25, -0.2) is 0 Å². The van der Waals surface area contributed by atoms with Crippen LogP contribution in [-0.2, 0) is 0 Å². The monoisotopic (exact) mass is 260 g/mol. The van der Waals surface area contributed by atoms with Gasteiger partial charge in [-0.2, -0.15) is 0 Å². The first kappa shape index (κ1) is 12.6. The lowest BCUT2D eigenvalue weighted by Crippen LogP contribution is -1.94. The maximum atomic E-state index is 10.7. The van der Waals surface area contributed by atoms with Crippen LogP contribution in [0.2, 0.25) is 0 Å². The summed E-state index contributed by atoms with van der Waals surface area (Å²) in [6.07, 6.45) is 15.7. The molecule has 0 aromatic carbocycles. The highest BCUT2D eigenvalue weighted by Crippen LogP contribution is 2.32. The van der Waals surface area contributed by atoms with Crippen LogP contribution >= 0.6 is 11.8 Å². The standard InChI is InChI=1S/C13H12N2O2S/c16-15(17)11-3-1-4-12(7-6-11)18-13-5-2-9-14-10-8-13/h1-4,6,8-10H,5,7H2. The third kappa shape index (κ3) is 3.56. The number of thioether (sulfide) groups is 1. The Bertz CT molecular complexity index is 525. The summed E-state index contributed by atoms with van der Waals surface area (Å²) >= 11 is 1.64. The van der Waals surface area contributed by atoms with Crippen LogP contribution in [-0.4, -0.2) is 11.1 Å². The van der Waals surface area contributed by atoms with Crippen LogP contribution < -0.4 is 0 Å². The average Bonchev–Trinajstić information content (AvgIpc) is 2.72. The Labute approximate surface area is 109 Å². The van der Waals surface area contributed by atoms with Gasteiger partial charge < -0.3 is 0 Å². The molecule has 0 saturated heterocycles. The SMILES string of the molecule is O=[N+]([O-])C1=CCC(SC2=CC=NC=CC2)=CC=C1. The van der Waals surface area contributed by atoms with Gasteiger partial charge in [-0.1, -0.05) is 30.0 Å². The molecule has 0 radical (unpaired) electrons. The molecule has 0 aromatic heterocycles. The minimum Gasteiger partial charge on any atom is -0.265 e. The van der Waals surface area contributed by atoms with E-state index in [4.69, 9.17) is 0 Å². The molecular formula is C13H12N2O2S. The molecule has 0 spiro atoms. The quantitative estimate of drug-likeness (QED) is 0.575. The number of rotatable bonds is 3. The number of nitrogens with zero attached hydrogens (tertiary/aromatic N) is 2. The first-order chi connectivity index (χ1) is 8.75. The van der Waals surface area contributed by atoms with Crippen LogP contribution in [0, 0.1) is 10.1 Å². The van der Waals surface area contributed by atoms with Gasteiger partial charge in [0.05, 0.1) is 4.92 Å². The van der Waals surface area contributed by atoms with Crippen molar-refractivity contribution < 1.29 is 4.92 Å². The van der Waals surface area contributed by atoms with E-state index in [9.17, 15) is 10.1 Å². The number of hydrogen-bond acceptors (Lipinski definition) is 4. The fourth-order valence-corrected chi connectivity index (χ4v) is 2.48. The summed E-state index contributed by atoms with van der Waals surface area (Å²) < 4.78 is 0. The van der Waals surface area contributed by atoms with Crippen LogP contribution in [0.1, 0.15) is 12.8 Å². The van der Waals surface area contributed by atoms with Crippen LogP contribution in [0.3, 0.4) is 0 Å². The number of nitro groups is 1. The van der Waals surface area contributed by atoms with Gasteiger partial charge in [0.2, 0.25) is 0 Å². The second kappa shape index (κ2) is 6.16. The zero-order valence-electron chi connectivity index (χ0n) is 9.65. The van der Waals surface area contributed by atoms with Gasteiger partial charge in [-0.3, -0.25) is 15.1 Å². The van der Waals surface area contributed by atoms with Crippen molar-refractivity contribution >= 4 is 18.0 Å². The summed E-state index contributed by atoms with van der Waals surface area (Å²) in [5, 5.41) is 10.7. The van der Waals surface area contributed by atoms with Crippen LogP contribution in [0.4, 0.5) is 0 Å². The number of hydrogen-bond donors (Lipinski definition) is 0. The van der Waals surface area contributed by atoms with E-state index in [2.05, 4.69) is 4.99 Å². The fraction of sp³-hybridized carbons (Fsp3) is 0.154. The highest BCUT2D eigenvalue weighted by atomic mass is 32.2. The molecule has 1 heterocycles. The summed E-state index contributed by atoms with van der Waals surface area (Å²) in [4.78, 5) is 16.6. The van der Waals surface area contributed by atoms with Crippen molar-refractivity contribution in [1.29, 1.82) is 0 Å². The molecule has 1 aliphatic carbocycles. The van der Waals surface area contributed by atoms with Crippen molar-refractivity contribution in [3.05, 3.63) is 68.3 Å². The van der Waals surface area contributed by atoms with Crippen molar-refractivity contribution in [3.63, 3.8) is 0 Å². The molecule has 0 bridgehead atoms. The van der Waals surface area contributed by atoms with E-state index in [1.54, 1.807) is 36.3 Å². The van der Waals surface area contributed by atoms with E-state index in [0.29, 0.717) is 6.42 Å². The fourth-order valence-electron chi connectivity index (χ4n) is 1.52. The van der Waals surface area contributed by atoms with Crippen LogP contribution in [0.15, 0.2) is 63.2 Å². The predicted octanol–water partition coefficient (Wildman–Crippen LogP) is 3.60. The summed E-state index contributed by atoms with van der Waals surface area (Å²) in [6, 6.07) is 0. The summed E-state index contributed by atoms with van der Waals surface area (Å²) in [7, 11) is 0. The molecule has 92 valence electrons. The Morgan fingerprint density at radius 3 is 2.94 bits per heavy atom. The van der Waals surface area contributed by atoms with Crippen molar-refractivity contribution in [2.75, 3.05) is 0 Å². The molecule has 2 rings (SSSR count). The second-order valence-electron chi connectivity index (χ2n) is 3.70. The van der Waals surface area contributed by atoms with Gasteiger partial charge in [0.25, 0.3) is 5.70 Å². The van der Waals surface area contributed by atoms with E-state index in [1.807, 2.05) is 18.2 Å². The van der Waals surface area contributed by atoms with Gasteiger partial charge in [-0.05, 0) is 28.4 Å². The van der Waals surface area contributed by atoms with Gasteiger partial charge in [0.15, 0.2) is 0 Å². The molecule has 4 nitrogen and oxygen atoms in total. The minimum absolute atomic E-state index is 0.151. The van der Waals surface area contributed by atoms with Crippen LogP contribution in [0.25, 0.3) is 0 Å². The third-order valence-electron chi connectivity index (χ3n) is 2.39. The van der Waals surface area contributed by atoms with E-state index in [1.165, 1.54) is 11.0 Å². The van der Waals surface area contributed by atoms with Crippen molar-refractivity contribution in [2.45, 2.75) is 12.8 Å². The largest absolute Gasteiger partial charge is 0.265 e. The van der Waals surface area contributed by atoms with Gasteiger partial charge in [0.1, 0.15) is 0 Å². The van der Waals surface area contributed by atoms with Crippen molar-refractivity contribution in [2.24, 2.45) is 4.99 Å². The summed E-state index contributed by atoms with van der Waals surface area (Å²) in [5.74, 6) is 0. The van der Waals surface area contributed by atoms with Crippen LogP contribution in [0.5, 0.6) is 0 Å². The number of allylic oxidation sites excluding steroid dienone is 8. The van der Waals surface area contributed by atoms with E-state index < -0.39 is 0 Å². The Hall–Kier alpha value is -1.88. The second-order valence-corrected chi connectivity index (χ2v) is 4.96. The lowest BCUT2D eigenvalue weighted by Gasteiger charge is -2.04. The van der Waals surface area contributed by atoms with Gasteiger partial charge >= 0.3 is 0 Å². The molecule has 0 fully saturated rings. The maximum absolute atomic E-state index is 10.7. The molecule has 5 heteroatoms. The lowest BCUT2D eigenvalue weighted by molar-refractivity contribution is -0.419. The van der Waals surface area contributed by atoms with E-state index in [0.717, 1.165) is 11.3 Å². The first-order valence-electron chi connectivity index (χ1n) is 5.53. The van der Waals surface area contributed by atoms with E-state index in [-0.39, 0.29) is 10.6 Å². The zero-order chi connectivity index (χ0) is 12.8. The minimum atomic E-state index is -0.363. The Balaban J connectivity index is 2.04. The normalized spacial score (nSPS) is 18.6. The Morgan fingerprint density at radius 2 is 2.11 bits per heavy atom. The molecule has 0 atom stereocenters. The Kier molecular flexibility index (Phi) is 4.30.